The molecule has 3 nitrogen and oxygen atoms in total. The van der Waals surface area contributed by atoms with Gasteiger partial charge in [-0.05, 0) is 36.1 Å². The molecule has 0 aliphatic carbocycles. The number of aryl methyl sites for hydroxylation is 2. The minimum atomic E-state index is 0.0819. The molecule has 1 saturated heterocycles. The zero-order chi connectivity index (χ0) is 17.5. The molecule has 2 aromatic rings. The molecule has 0 unspecified atom stereocenters. The Balaban J connectivity index is 1.57. The molecule has 1 heterocycles. The molecule has 1 aliphatic heterocycles. The van der Waals surface area contributed by atoms with Gasteiger partial charge in [-0.3, -0.25) is 9.69 Å². The molecule has 0 bridgehead atoms. The van der Waals surface area contributed by atoms with Gasteiger partial charge in [0.15, 0.2) is 0 Å². The fourth-order valence-electron chi connectivity index (χ4n) is 3.03. The fraction of sp³-hybridized carbons (Fsp3) is 0.381. The van der Waals surface area contributed by atoms with Gasteiger partial charge in [-0.2, -0.15) is 11.8 Å². The van der Waals surface area contributed by atoms with Crippen molar-refractivity contribution in [2.75, 3.05) is 29.9 Å². The van der Waals surface area contributed by atoms with Crippen LogP contribution in [0.3, 0.4) is 0 Å². The van der Waals surface area contributed by atoms with Crippen molar-refractivity contribution in [3.63, 3.8) is 0 Å². The molecular formula is C21H26N2OS. The fourth-order valence-corrected chi connectivity index (χ4v) is 4.01. The van der Waals surface area contributed by atoms with Gasteiger partial charge < -0.3 is 5.32 Å². The molecule has 25 heavy (non-hydrogen) atoms. The second kappa shape index (κ2) is 9.07. The van der Waals surface area contributed by atoms with Gasteiger partial charge in [0, 0.05) is 43.2 Å². The smallest absolute Gasteiger partial charge is 0.224 e. The maximum absolute atomic E-state index is 12.3. The number of anilines is 1. The summed E-state index contributed by atoms with van der Waals surface area (Å²) in [5, 5.41) is 3.10. The highest BCUT2D eigenvalue weighted by Gasteiger charge is 2.12. The lowest BCUT2D eigenvalue weighted by Crippen LogP contribution is -2.32. The minimum absolute atomic E-state index is 0.0819. The second-order valence-corrected chi connectivity index (χ2v) is 7.80. The van der Waals surface area contributed by atoms with Gasteiger partial charge in [0.25, 0.3) is 0 Å². The predicted octanol–water partition coefficient (Wildman–Crippen LogP) is 4.12. The maximum Gasteiger partial charge on any atom is 0.224 e. The van der Waals surface area contributed by atoms with Crippen LogP contribution >= 0.6 is 11.8 Å². The summed E-state index contributed by atoms with van der Waals surface area (Å²) in [6.07, 6.45) is 1.29. The highest BCUT2D eigenvalue weighted by molar-refractivity contribution is 7.99. The largest absolute Gasteiger partial charge is 0.326 e. The third-order valence-corrected chi connectivity index (χ3v) is 5.51. The number of hydrogen-bond acceptors (Lipinski definition) is 3. The van der Waals surface area contributed by atoms with E-state index in [1.54, 1.807) is 0 Å². The number of nitrogens with zero attached hydrogens (tertiary/aromatic N) is 1. The zero-order valence-corrected chi connectivity index (χ0v) is 15.6. The molecule has 2 aromatic carbocycles. The summed E-state index contributed by atoms with van der Waals surface area (Å²) in [5.74, 6) is 2.52. The van der Waals surface area contributed by atoms with Crippen LogP contribution in [-0.4, -0.2) is 35.4 Å². The lowest BCUT2D eigenvalue weighted by molar-refractivity contribution is -0.116. The summed E-state index contributed by atoms with van der Waals surface area (Å²) >= 11 is 2.03. The van der Waals surface area contributed by atoms with Gasteiger partial charge in [-0.1, -0.05) is 42.5 Å². The topological polar surface area (TPSA) is 32.3 Å². The van der Waals surface area contributed by atoms with E-state index >= 15 is 0 Å². The Morgan fingerprint density at radius 1 is 1.08 bits per heavy atom. The highest BCUT2D eigenvalue weighted by atomic mass is 32.2. The molecule has 0 saturated carbocycles. The van der Waals surface area contributed by atoms with Crippen LogP contribution in [0.5, 0.6) is 0 Å². The summed E-state index contributed by atoms with van der Waals surface area (Å²) in [5.41, 5.74) is 4.54. The quantitative estimate of drug-likeness (QED) is 0.847. The lowest BCUT2D eigenvalue weighted by atomic mass is 10.1. The van der Waals surface area contributed by atoms with E-state index in [1.807, 2.05) is 36.9 Å². The SMILES string of the molecule is Cc1ccc(CN2CCSCC2)cc1NC(=O)CCc1ccccc1. The normalized spacial score (nSPS) is 15.1. The van der Waals surface area contributed by atoms with Gasteiger partial charge in [0.05, 0.1) is 0 Å². The van der Waals surface area contributed by atoms with Gasteiger partial charge in [-0.15, -0.1) is 0 Å². The van der Waals surface area contributed by atoms with Crippen LogP contribution in [-0.2, 0) is 17.8 Å². The number of rotatable bonds is 6. The molecule has 1 N–H and O–H groups in total. The van der Waals surface area contributed by atoms with Crippen molar-refractivity contribution in [2.24, 2.45) is 0 Å². The molecule has 132 valence electrons. The van der Waals surface area contributed by atoms with Crippen molar-refractivity contribution in [2.45, 2.75) is 26.3 Å². The molecule has 4 heteroatoms. The first kappa shape index (κ1) is 18.0. The van der Waals surface area contributed by atoms with E-state index in [-0.39, 0.29) is 5.91 Å². The first-order chi connectivity index (χ1) is 12.2. The molecule has 3 rings (SSSR count). The van der Waals surface area contributed by atoms with Crippen molar-refractivity contribution in [3.05, 3.63) is 65.2 Å². The average molecular weight is 355 g/mol. The monoisotopic (exact) mass is 354 g/mol. The number of carbonyl (C=O) groups excluding carboxylic acids is 1. The van der Waals surface area contributed by atoms with Crippen molar-refractivity contribution >= 4 is 23.4 Å². The van der Waals surface area contributed by atoms with E-state index in [1.165, 1.54) is 22.6 Å². The zero-order valence-electron chi connectivity index (χ0n) is 14.8. The van der Waals surface area contributed by atoms with Crippen LogP contribution in [0.15, 0.2) is 48.5 Å². The molecule has 0 radical (unpaired) electrons. The van der Waals surface area contributed by atoms with Crippen LogP contribution in [0.2, 0.25) is 0 Å². The van der Waals surface area contributed by atoms with E-state index in [0.717, 1.165) is 37.3 Å². The third-order valence-electron chi connectivity index (χ3n) is 4.57. The highest BCUT2D eigenvalue weighted by Crippen LogP contribution is 2.20. The Morgan fingerprint density at radius 3 is 2.60 bits per heavy atom. The maximum atomic E-state index is 12.3. The molecular weight excluding hydrogens is 328 g/mol. The van der Waals surface area contributed by atoms with Gasteiger partial charge in [0.1, 0.15) is 0 Å². The first-order valence-corrected chi connectivity index (χ1v) is 10.1. The van der Waals surface area contributed by atoms with Crippen LogP contribution in [0.25, 0.3) is 0 Å². The minimum Gasteiger partial charge on any atom is -0.326 e. The van der Waals surface area contributed by atoms with Gasteiger partial charge in [-0.25, -0.2) is 0 Å². The van der Waals surface area contributed by atoms with Gasteiger partial charge >= 0.3 is 0 Å². The first-order valence-electron chi connectivity index (χ1n) is 8.94. The second-order valence-electron chi connectivity index (χ2n) is 6.57. The van der Waals surface area contributed by atoms with E-state index in [0.29, 0.717) is 6.42 Å². The van der Waals surface area contributed by atoms with Crippen LogP contribution in [0, 0.1) is 6.92 Å². The van der Waals surface area contributed by atoms with Crippen molar-refractivity contribution in [1.29, 1.82) is 0 Å². The molecule has 1 amide bonds. The standard InChI is InChI=1S/C21H26N2OS/c1-17-7-8-19(16-23-11-13-25-14-12-23)15-20(17)22-21(24)10-9-18-5-3-2-4-6-18/h2-8,15H,9-14,16H2,1H3,(H,22,24). The molecule has 1 fully saturated rings. The Bertz CT molecular complexity index is 696. The molecule has 0 atom stereocenters. The molecule has 0 spiro atoms. The molecule has 1 aliphatic rings. The van der Waals surface area contributed by atoms with Crippen molar-refractivity contribution < 1.29 is 4.79 Å². The Labute approximate surface area is 154 Å². The summed E-state index contributed by atoms with van der Waals surface area (Å²) in [7, 11) is 0. The Kier molecular flexibility index (Phi) is 6.54. The number of carbonyl (C=O) groups is 1. The summed E-state index contributed by atoms with van der Waals surface area (Å²) in [4.78, 5) is 14.8. The van der Waals surface area contributed by atoms with E-state index in [4.69, 9.17) is 0 Å². The molecule has 0 aromatic heterocycles. The van der Waals surface area contributed by atoms with E-state index in [9.17, 15) is 4.79 Å². The number of hydrogen-bond donors (Lipinski definition) is 1. The number of thioether (sulfide) groups is 1. The van der Waals surface area contributed by atoms with E-state index in [2.05, 4.69) is 40.5 Å². The van der Waals surface area contributed by atoms with E-state index < -0.39 is 0 Å². The third kappa shape index (κ3) is 5.62. The lowest BCUT2D eigenvalue weighted by Gasteiger charge is -2.26. The average Bonchev–Trinajstić information content (AvgIpc) is 2.64. The van der Waals surface area contributed by atoms with Crippen LogP contribution < -0.4 is 5.32 Å². The Morgan fingerprint density at radius 2 is 1.84 bits per heavy atom. The van der Waals surface area contributed by atoms with Crippen molar-refractivity contribution in [1.82, 2.24) is 4.90 Å². The predicted molar refractivity (Wildman–Crippen MR) is 107 cm³/mol. The van der Waals surface area contributed by atoms with Gasteiger partial charge in [0.2, 0.25) is 5.91 Å². The summed E-state index contributed by atoms with van der Waals surface area (Å²) in [6, 6.07) is 16.6. The summed E-state index contributed by atoms with van der Waals surface area (Å²) < 4.78 is 0. The Hall–Kier alpha value is -1.78. The number of benzene rings is 2. The van der Waals surface area contributed by atoms with Crippen LogP contribution in [0.4, 0.5) is 5.69 Å². The van der Waals surface area contributed by atoms with Crippen molar-refractivity contribution in [3.8, 4) is 0 Å². The summed E-state index contributed by atoms with van der Waals surface area (Å²) in [6.45, 7) is 5.32. The number of amides is 1. The van der Waals surface area contributed by atoms with Crippen LogP contribution in [0.1, 0.15) is 23.1 Å². The number of nitrogens with one attached hydrogen (secondary N) is 1.